The van der Waals surface area contributed by atoms with Crippen molar-refractivity contribution in [3.63, 3.8) is 0 Å². The number of ether oxygens (including phenoxy) is 1. The van der Waals surface area contributed by atoms with Crippen molar-refractivity contribution in [2.24, 2.45) is 0 Å². The van der Waals surface area contributed by atoms with Crippen molar-refractivity contribution in [3.05, 3.63) is 12.4 Å². The van der Waals surface area contributed by atoms with Crippen LogP contribution in [0.5, 0.6) is 0 Å². The largest absolute Gasteiger partial charge is 0.369 e. The summed E-state index contributed by atoms with van der Waals surface area (Å²) in [5.74, 6) is 0.240. The second-order valence-electron chi connectivity index (χ2n) is 3.18. The number of amides is 1. The van der Waals surface area contributed by atoms with E-state index >= 15 is 0 Å². The minimum Gasteiger partial charge on any atom is -0.369 e. The standard InChI is InChI=1S/C9H15N3O2/c1-4-9(2,14-3)7(13)12-8-10-5-6-11-8/h5-6H,4H2,1-3H3,(H2,10,11,12,13). The number of H-pyrrole nitrogens is 1. The SMILES string of the molecule is CCC(C)(OC)C(=O)Nc1ncc[nH]1. The number of anilines is 1. The van der Waals surface area contributed by atoms with Gasteiger partial charge in [0.05, 0.1) is 0 Å². The number of imidazole rings is 1. The highest BCUT2D eigenvalue weighted by Gasteiger charge is 2.31. The lowest BCUT2D eigenvalue weighted by molar-refractivity contribution is -0.136. The molecule has 0 spiro atoms. The predicted molar refractivity (Wildman–Crippen MR) is 52.9 cm³/mol. The van der Waals surface area contributed by atoms with E-state index < -0.39 is 5.60 Å². The molecule has 1 unspecified atom stereocenters. The maximum Gasteiger partial charge on any atom is 0.258 e. The zero-order valence-corrected chi connectivity index (χ0v) is 8.63. The lowest BCUT2D eigenvalue weighted by atomic mass is 10.0. The van der Waals surface area contributed by atoms with Crippen molar-refractivity contribution in [1.82, 2.24) is 9.97 Å². The molecule has 0 saturated heterocycles. The first-order valence-electron chi connectivity index (χ1n) is 4.48. The highest BCUT2D eigenvalue weighted by Crippen LogP contribution is 2.15. The van der Waals surface area contributed by atoms with E-state index in [2.05, 4.69) is 15.3 Å². The first kappa shape index (κ1) is 10.7. The van der Waals surface area contributed by atoms with Gasteiger partial charge >= 0.3 is 0 Å². The summed E-state index contributed by atoms with van der Waals surface area (Å²) in [6, 6.07) is 0. The number of carbonyl (C=O) groups excluding carboxylic acids is 1. The number of nitrogens with one attached hydrogen (secondary N) is 2. The van der Waals surface area contributed by atoms with Gasteiger partial charge in [-0.2, -0.15) is 0 Å². The van der Waals surface area contributed by atoms with Gasteiger partial charge in [-0.05, 0) is 13.3 Å². The molecule has 1 aromatic heterocycles. The zero-order valence-electron chi connectivity index (χ0n) is 8.63. The van der Waals surface area contributed by atoms with Gasteiger partial charge in [0.15, 0.2) is 0 Å². The van der Waals surface area contributed by atoms with Gasteiger partial charge in [-0.25, -0.2) is 4.98 Å². The van der Waals surface area contributed by atoms with Gasteiger partial charge in [0, 0.05) is 19.5 Å². The molecule has 0 fully saturated rings. The van der Waals surface area contributed by atoms with E-state index in [9.17, 15) is 4.79 Å². The van der Waals surface area contributed by atoms with E-state index in [1.54, 1.807) is 19.3 Å². The van der Waals surface area contributed by atoms with Gasteiger partial charge in [-0.1, -0.05) is 6.92 Å². The lowest BCUT2D eigenvalue weighted by Crippen LogP contribution is -2.41. The zero-order chi connectivity index (χ0) is 10.6. The first-order valence-corrected chi connectivity index (χ1v) is 4.48. The Morgan fingerprint density at radius 1 is 1.79 bits per heavy atom. The van der Waals surface area contributed by atoms with Crippen LogP contribution in [-0.2, 0) is 9.53 Å². The van der Waals surface area contributed by atoms with Crippen molar-refractivity contribution < 1.29 is 9.53 Å². The molecular formula is C9H15N3O2. The van der Waals surface area contributed by atoms with Gasteiger partial charge in [0.1, 0.15) is 5.60 Å². The second-order valence-corrected chi connectivity index (χ2v) is 3.18. The third-order valence-corrected chi connectivity index (χ3v) is 2.34. The van der Waals surface area contributed by atoms with E-state index in [1.165, 1.54) is 7.11 Å². The highest BCUT2D eigenvalue weighted by atomic mass is 16.5. The number of hydrogen-bond acceptors (Lipinski definition) is 3. The molecule has 1 amide bonds. The first-order chi connectivity index (χ1) is 6.62. The second kappa shape index (κ2) is 4.23. The Kier molecular flexibility index (Phi) is 3.24. The molecule has 5 heteroatoms. The third-order valence-electron chi connectivity index (χ3n) is 2.34. The molecule has 2 N–H and O–H groups in total. The van der Waals surface area contributed by atoms with Crippen LogP contribution in [0.2, 0.25) is 0 Å². The number of rotatable bonds is 4. The Morgan fingerprint density at radius 3 is 2.93 bits per heavy atom. The van der Waals surface area contributed by atoms with E-state index in [0.717, 1.165) is 0 Å². The number of nitrogens with zero attached hydrogens (tertiary/aromatic N) is 1. The summed E-state index contributed by atoms with van der Waals surface area (Å²) in [5, 5.41) is 2.63. The van der Waals surface area contributed by atoms with Gasteiger partial charge in [0.25, 0.3) is 5.91 Å². The fourth-order valence-electron chi connectivity index (χ4n) is 0.971. The van der Waals surface area contributed by atoms with Crippen molar-refractivity contribution in [2.75, 3.05) is 12.4 Å². The van der Waals surface area contributed by atoms with Gasteiger partial charge < -0.3 is 9.72 Å². The number of hydrogen-bond donors (Lipinski definition) is 2. The van der Waals surface area contributed by atoms with E-state index in [-0.39, 0.29) is 5.91 Å². The van der Waals surface area contributed by atoms with E-state index in [0.29, 0.717) is 12.4 Å². The average Bonchev–Trinajstić information content (AvgIpc) is 2.69. The van der Waals surface area contributed by atoms with Crippen molar-refractivity contribution >= 4 is 11.9 Å². The molecule has 5 nitrogen and oxygen atoms in total. The van der Waals surface area contributed by atoms with Crippen LogP contribution in [0.3, 0.4) is 0 Å². The maximum absolute atomic E-state index is 11.7. The van der Waals surface area contributed by atoms with Gasteiger partial charge in [0.2, 0.25) is 5.95 Å². The summed E-state index contributed by atoms with van der Waals surface area (Å²) in [7, 11) is 1.52. The molecule has 1 aromatic rings. The van der Waals surface area contributed by atoms with Gasteiger partial charge in [-0.15, -0.1) is 0 Å². The normalized spacial score (nSPS) is 14.8. The Morgan fingerprint density at radius 2 is 2.50 bits per heavy atom. The fraction of sp³-hybridized carbons (Fsp3) is 0.556. The topological polar surface area (TPSA) is 67.0 Å². The summed E-state index contributed by atoms with van der Waals surface area (Å²) in [5.41, 5.74) is -0.799. The smallest absolute Gasteiger partial charge is 0.258 e. The van der Waals surface area contributed by atoms with Crippen molar-refractivity contribution in [2.45, 2.75) is 25.9 Å². The predicted octanol–water partition coefficient (Wildman–Crippen LogP) is 1.16. The number of aromatic nitrogens is 2. The molecule has 0 aliphatic heterocycles. The Hall–Kier alpha value is -1.36. The molecular weight excluding hydrogens is 182 g/mol. The Bertz CT molecular complexity index is 291. The van der Waals surface area contributed by atoms with Crippen molar-refractivity contribution in [3.8, 4) is 0 Å². The summed E-state index contributed by atoms with van der Waals surface area (Å²) in [4.78, 5) is 18.4. The highest BCUT2D eigenvalue weighted by molar-refractivity contribution is 5.95. The van der Waals surface area contributed by atoms with Crippen LogP contribution in [0.1, 0.15) is 20.3 Å². The molecule has 1 atom stereocenters. The monoisotopic (exact) mass is 197 g/mol. The molecule has 1 rings (SSSR count). The molecule has 1 heterocycles. The lowest BCUT2D eigenvalue weighted by Gasteiger charge is -2.24. The van der Waals surface area contributed by atoms with Crippen molar-refractivity contribution in [1.29, 1.82) is 0 Å². The van der Waals surface area contributed by atoms with Crippen LogP contribution in [-0.4, -0.2) is 28.6 Å². The average molecular weight is 197 g/mol. The van der Waals surface area contributed by atoms with Crippen LogP contribution in [0, 0.1) is 0 Å². The fourth-order valence-corrected chi connectivity index (χ4v) is 0.971. The molecule has 0 saturated carbocycles. The minimum atomic E-state index is -0.799. The summed E-state index contributed by atoms with van der Waals surface area (Å²) >= 11 is 0. The van der Waals surface area contributed by atoms with Crippen LogP contribution in [0.25, 0.3) is 0 Å². The Balaban J connectivity index is 2.66. The number of aromatic amines is 1. The number of methoxy groups -OCH3 is 1. The molecule has 78 valence electrons. The van der Waals surface area contributed by atoms with E-state index in [1.807, 2.05) is 6.92 Å². The minimum absolute atomic E-state index is 0.197. The summed E-state index contributed by atoms with van der Waals surface area (Å²) < 4.78 is 5.14. The summed E-state index contributed by atoms with van der Waals surface area (Å²) in [6.45, 7) is 3.64. The quantitative estimate of drug-likeness (QED) is 0.761. The Labute approximate surface area is 82.9 Å². The van der Waals surface area contributed by atoms with Crippen LogP contribution in [0.15, 0.2) is 12.4 Å². The molecule has 0 radical (unpaired) electrons. The maximum atomic E-state index is 11.7. The van der Waals surface area contributed by atoms with Gasteiger partial charge in [-0.3, -0.25) is 10.1 Å². The molecule has 0 aliphatic carbocycles. The molecule has 0 bridgehead atoms. The molecule has 0 aromatic carbocycles. The molecule has 0 aliphatic rings. The van der Waals surface area contributed by atoms with Crippen LogP contribution in [0.4, 0.5) is 5.95 Å². The number of carbonyl (C=O) groups is 1. The van der Waals surface area contributed by atoms with Crippen LogP contribution >= 0.6 is 0 Å². The third kappa shape index (κ3) is 2.11. The van der Waals surface area contributed by atoms with E-state index in [4.69, 9.17) is 4.74 Å². The molecule has 14 heavy (non-hydrogen) atoms. The summed E-state index contributed by atoms with van der Waals surface area (Å²) in [6.07, 6.45) is 3.83. The van der Waals surface area contributed by atoms with Crippen LogP contribution < -0.4 is 5.32 Å².